The summed E-state index contributed by atoms with van der Waals surface area (Å²) in [6.45, 7) is 0. The van der Waals surface area contributed by atoms with Crippen LogP contribution >= 0.6 is 0 Å². The quantitative estimate of drug-likeness (QED) is 0.753. The number of nitrogens with two attached hydrogens (primary N) is 1. The molecule has 0 aliphatic carbocycles. The minimum atomic E-state index is -0.588. The zero-order valence-electron chi connectivity index (χ0n) is 9.27. The van der Waals surface area contributed by atoms with Crippen LogP contribution in [0.25, 0.3) is 0 Å². The number of benzene rings is 1. The van der Waals surface area contributed by atoms with Gasteiger partial charge in [-0.05, 0) is 6.07 Å². The number of ether oxygens (including phenoxy) is 1. The molecule has 0 spiro atoms. The Morgan fingerprint density at radius 2 is 2.25 bits per heavy atom. The van der Waals surface area contributed by atoms with Crippen LogP contribution < -0.4 is 10.5 Å². The maximum atomic E-state index is 11.7. The van der Waals surface area contributed by atoms with Gasteiger partial charge in [0.05, 0.1) is 13.2 Å². The summed E-state index contributed by atoms with van der Waals surface area (Å²) in [7, 11) is 1.57. The molecule has 1 atom stereocenters. The van der Waals surface area contributed by atoms with Gasteiger partial charge in [-0.25, -0.2) is 0 Å². The van der Waals surface area contributed by atoms with Crippen LogP contribution in [-0.4, -0.2) is 18.9 Å². The molecular formula is C13H15NO2. The maximum absolute atomic E-state index is 11.7. The molecule has 3 nitrogen and oxygen atoms in total. The van der Waals surface area contributed by atoms with Crippen LogP contribution in [0.15, 0.2) is 24.3 Å². The van der Waals surface area contributed by atoms with Crippen molar-refractivity contribution in [2.75, 3.05) is 7.11 Å². The van der Waals surface area contributed by atoms with Crippen molar-refractivity contribution in [2.45, 2.75) is 18.9 Å². The number of hydrogen-bond donors (Lipinski definition) is 1. The Morgan fingerprint density at radius 1 is 1.56 bits per heavy atom. The lowest BCUT2D eigenvalue weighted by Gasteiger charge is -2.10. The maximum Gasteiger partial charge on any atom is 0.154 e. The third-order valence-corrected chi connectivity index (χ3v) is 2.31. The molecular weight excluding hydrogens is 202 g/mol. The van der Waals surface area contributed by atoms with E-state index in [-0.39, 0.29) is 18.6 Å². The van der Waals surface area contributed by atoms with Crippen molar-refractivity contribution in [2.24, 2.45) is 5.73 Å². The van der Waals surface area contributed by atoms with Crippen LogP contribution in [0.4, 0.5) is 0 Å². The van der Waals surface area contributed by atoms with Crippen molar-refractivity contribution in [3.63, 3.8) is 0 Å². The number of ketones is 1. The molecule has 0 aliphatic rings. The first-order valence-corrected chi connectivity index (χ1v) is 5.02. The number of carbonyl (C=O) groups excluding carboxylic acids is 1. The second kappa shape index (κ2) is 5.94. The minimum absolute atomic E-state index is 0.0672. The van der Waals surface area contributed by atoms with E-state index in [2.05, 4.69) is 5.92 Å². The van der Waals surface area contributed by atoms with Crippen LogP contribution in [0.1, 0.15) is 12.0 Å². The van der Waals surface area contributed by atoms with E-state index in [0.29, 0.717) is 5.75 Å². The zero-order valence-corrected chi connectivity index (χ0v) is 9.27. The van der Waals surface area contributed by atoms with Crippen LogP contribution in [0, 0.1) is 12.3 Å². The monoisotopic (exact) mass is 217 g/mol. The van der Waals surface area contributed by atoms with E-state index in [9.17, 15) is 4.79 Å². The van der Waals surface area contributed by atoms with E-state index >= 15 is 0 Å². The Labute approximate surface area is 95.6 Å². The molecule has 1 rings (SSSR count). The topological polar surface area (TPSA) is 52.3 Å². The Hall–Kier alpha value is -1.79. The lowest BCUT2D eigenvalue weighted by molar-refractivity contribution is -0.119. The van der Waals surface area contributed by atoms with E-state index < -0.39 is 6.04 Å². The summed E-state index contributed by atoms with van der Waals surface area (Å²) in [6.07, 6.45) is 5.64. The Kier molecular flexibility index (Phi) is 4.56. The fourth-order valence-corrected chi connectivity index (χ4v) is 1.41. The molecule has 0 saturated carbocycles. The molecule has 0 aromatic heterocycles. The summed E-state index contributed by atoms with van der Waals surface area (Å²) < 4.78 is 5.15. The zero-order chi connectivity index (χ0) is 12.0. The summed E-state index contributed by atoms with van der Waals surface area (Å²) in [5.74, 6) is 3.02. The smallest absolute Gasteiger partial charge is 0.154 e. The highest BCUT2D eigenvalue weighted by molar-refractivity contribution is 5.86. The van der Waals surface area contributed by atoms with Crippen molar-refractivity contribution >= 4 is 5.78 Å². The average molecular weight is 217 g/mol. The van der Waals surface area contributed by atoms with Gasteiger partial charge in [-0.3, -0.25) is 4.79 Å². The van der Waals surface area contributed by atoms with Gasteiger partial charge in [-0.15, -0.1) is 12.3 Å². The average Bonchev–Trinajstić information content (AvgIpc) is 2.30. The molecule has 1 unspecified atom stereocenters. The van der Waals surface area contributed by atoms with Crippen molar-refractivity contribution in [3.05, 3.63) is 29.8 Å². The molecule has 16 heavy (non-hydrogen) atoms. The van der Waals surface area contributed by atoms with Gasteiger partial charge < -0.3 is 10.5 Å². The second-order valence-corrected chi connectivity index (χ2v) is 3.47. The van der Waals surface area contributed by atoms with Crippen molar-refractivity contribution < 1.29 is 9.53 Å². The Balaban J connectivity index is 2.73. The van der Waals surface area contributed by atoms with E-state index in [1.54, 1.807) is 7.11 Å². The van der Waals surface area contributed by atoms with Crippen molar-refractivity contribution in [1.82, 2.24) is 0 Å². The van der Waals surface area contributed by atoms with Gasteiger partial charge in [0, 0.05) is 18.4 Å². The van der Waals surface area contributed by atoms with Gasteiger partial charge in [0.1, 0.15) is 5.75 Å². The Bertz CT molecular complexity index is 407. The standard InChI is InChI=1S/C13H15NO2/c1-3-6-11(14)12(15)9-10-7-4-5-8-13(10)16-2/h1,4-5,7-8,11H,6,9,14H2,2H3. The predicted molar refractivity (Wildman–Crippen MR) is 63.1 cm³/mol. The summed E-state index contributed by atoms with van der Waals surface area (Å²) >= 11 is 0. The van der Waals surface area contributed by atoms with Gasteiger partial charge >= 0.3 is 0 Å². The molecule has 0 bridgehead atoms. The molecule has 1 aromatic rings. The number of hydrogen-bond acceptors (Lipinski definition) is 3. The fraction of sp³-hybridized carbons (Fsp3) is 0.308. The van der Waals surface area contributed by atoms with Crippen LogP contribution in [0.3, 0.4) is 0 Å². The highest BCUT2D eigenvalue weighted by Gasteiger charge is 2.14. The molecule has 0 saturated heterocycles. The van der Waals surface area contributed by atoms with Gasteiger partial charge in [-0.2, -0.15) is 0 Å². The largest absolute Gasteiger partial charge is 0.496 e. The summed E-state index contributed by atoms with van der Waals surface area (Å²) in [4.78, 5) is 11.7. The SMILES string of the molecule is C#CCC(N)C(=O)Cc1ccccc1OC. The number of para-hydroxylation sites is 1. The van der Waals surface area contributed by atoms with Gasteiger partial charge in [0.15, 0.2) is 5.78 Å². The first-order chi connectivity index (χ1) is 7.69. The lowest BCUT2D eigenvalue weighted by Crippen LogP contribution is -2.31. The van der Waals surface area contributed by atoms with E-state index in [1.165, 1.54) is 0 Å². The molecule has 0 fully saturated rings. The van der Waals surface area contributed by atoms with Crippen LogP contribution in [0.5, 0.6) is 5.75 Å². The van der Waals surface area contributed by atoms with Crippen molar-refractivity contribution in [1.29, 1.82) is 0 Å². The molecule has 0 amide bonds. The van der Waals surface area contributed by atoms with Gasteiger partial charge in [-0.1, -0.05) is 18.2 Å². The summed E-state index contributed by atoms with van der Waals surface area (Å²) in [5, 5.41) is 0. The highest BCUT2D eigenvalue weighted by Crippen LogP contribution is 2.18. The van der Waals surface area contributed by atoms with E-state index in [1.807, 2.05) is 24.3 Å². The van der Waals surface area contributed by atoms with Gasteiger partial charge in [0.2, 0.25) is 0 Å². The first-order valence-electron chi connectivity index (χ1n) is 5.02. The minimum Gasteiger partial charge on any atom is -0.496 e. The molecule has 2 N–H and O–H groups in total. The van der Waals surface area contributed by atoms with Crippen LogP contribution in [0.2, 0.25) is 0 Å². The van der Waals surface area contributed by atoms with Crippen LogP contribution in [-0.2, 0) is 11.2 Å². The molecule has 0 radical (unpaired) electrons. The van der Waals surface area contributed by atoms with E-state index in [4.69, 9.17) is 16.9 Å². The first kappa shape index (κ1) is 12.3. The highest BCUT2D eigenvalue weighted by atomic mass is 16.5. The lowest BCUT2D eigenvalue weighted by atomic mass is 10.0. The predicted octanol–water partition coefficient (Wildman–Crippen LogP) is 1.16. The summed E-state index contributed by atoms with van der Waals surface area (Å²) in [6, 6.07) is 6.79. The molecule has 0 aliphatic heterocycles. The number of terminal acetylenes is 1. The van der Waals surface area contributed by atoms with Crippen molar-refractivity contribution in [3.8, 4) is 18.1 Å². The molecule has 0 heterocycles. The second-order valence-electron chi connectivity index (χ2n) is 3.47. The molecule has 3 heteroatoms. The molecule has 84 valence electrons. The third kappa shape index (κ3) is 3.11. The Morgan fingerprint density at radius 3 is 2.88 bits per heavy atom. The summed E-state index contributed by atoms with van der Waals surface area (Å²) in [5.41, 5.74) is 6.47. The fourth-order valence-electron chi connectivity index (χ4n) is 1.41. The normalized spacial score (nSPS) is 11.6. The molecule has 1 aromatic carbocycles. The third-order valence-electron chi connectivity index (χ3n) is 2.31. The number of Topliss-reactive ketones (excluding diaryl/α,β-unsaturated/α-hetero) is 1. The van der Waals surface area contributed by atoms with E-state index in [0.717, 1.165) is 5.56 Å². The number of methoxy groups -OCH3 is 1. The number of rotatable bonds is 5. The number of carbonyl (C=O) groups is 1. The van der Waals surface area contributed by atoms with Gasteiger partial charge in [0.25, 0.3) is 0 Å².